The van der Waals surface area contributed by atoms with Crippen LogP contribution in [0.15, 0.2) is 36.4 Å². The first-order chi connectivity index (χ1) is 8.65. The van der Waals surface area contributed by atoms with Crippen molar-refractivity contribution in [2.45, 2.75) is 6.92 Å². The van der Waals surface area contributed by atoms with E-state index in [9.17, 15) is 0 Å². The first-order valence-corrected chi connectivity index (χ1v) is 7.04. The fourth-order valence-corrected chi connectivity index (χ4v) is 3.67. The van der Waals surface area contributed by atoms with Gasteiger partial charge in [-0.1, -0.05) is 35.3 Å². The molecule has 0 N–H and O–H groups in total. The lowest BCUT2D eigenvalue weighted by molar-refractivity contribution is 1.45. The molecule has 0 atom stereocenters. The first-order valence-electron chi connectivity index (χ1n) is 5.47. The van der Waals surface area contributed by atoms with E-state index in [0.717, 1.165) is 20.8 Å². The van der Waals surface area contributed by atoms with Gasteiger partial charge in [0.2, 0.25) is 0 Å². The summed E-state index contributed by atoms with van der Waals surface area (Å²) in [6.07, 6.45) is 0. The van der Waals surface area contributed by atoms with Gasteiger partial charge >= 0.3 is 0 Å². The second kappa shape index (κ2) is 4.54. The molecule has 0 amide bonds. The topological polar surface area (TPSA) is 12.9 Å². The lowest BCUT2D eigenvalue weighted by Crippen LogP contribution is -1.79. The highest BCUT2D eigenvalue weighted by Gasteiger charge is 2.13. The molecule has 1 heterocycles. The van der Waals surface area contributed by atoms with E-state index >= 15 is 0 Å². The van der Waals surface area contributed by atoms with Gasteiger partial charge in [-0.3, -0.25) is 0 Å². The molecule has 0 aliphatic rings. The number of hydrogen-bond acceptors (Lipinski definition) is 2. The lowest BCUT2D eigenvalue weighted by Gasteiger charge is -2.01. The Morgan fingerprint density at radius 1 is 1.06 bits per heavy atom. The van der Waals surface area contributed by atoms with Crippen LogP contribution in [0, 0.1) is 6.92 Å². The van der Waals surface area contributed by atoms with Crippen molar-refractivity contribution in [3.8, 4) is 10.6 Å². The standard InChI is InChI=1S/C14H9Cl2NS/c1-8-5-6-11-12(7-8)18-14(17-11)13-9(15)3-2-4-10(13)16/h2-7H,1H3. The molecule has 0 radical (unpaired) electrons. The van der Waals surface area contributed by atoms with Crippen LogP contribution in [0.2, 0.25) is 10.0 Å². The number of aryl methyl sites for hydroxylation is 1. The van der Waals surface area contributed by atoms with E-state index in [2.05, 4.69) is 24.0 Å². The summed E-state index contributed by atoms with van der Waals surface area (Å²) in [6.45, 7) is 2.07. The number of hydrogen-bond donors (Lipinski definition) is 0. The van der Waals surface area contributed by atoms with E-state index in [1.165, 1.54) is 5.56 Å². The van der Waals surface area contributed by atoms with E-state index in [0.29, 0.717) is 10.0 Å². The van der Waals surface area contributed by atoms with Crippen molar-refractivity contribution in [2.75, 3.05) is 0 Å². The van der Waals surface area contributed by atoms with Crippen molar-refractivity contribution < 1.29 is 0 Å². The summed E-state index contributed by atoms with van der Waals surface area (Å²) in [4.78, 5) is 4.60. The Morgan fingerprint density at radius 3 is 2.50 bits per heavy atom. The van der Waals surface area contributed by atoms with Crippen molar-refractivity contribution >= 4 is 44.8 Å². The molecule has 2 aromatic carbocycles. The number of thiazole rings is 1. The van der Waals surface area contributed by atoms with Crippen molar-refractivity contribution in [3.63, 3.8) is 0 Å². The highest BCUT2D eigenvalue weighted by atomic mass is 35.5. The SMILES string of the molecule is Cc1ccc2nc(-c3c(Cl)cccc3Cl)sc2c1. The summed E-state index contributed by atoms with van der Waals surface area (Å²) in [7, 11) is 0. The van der Waals surface area contributed by atoms with E-state index in [4.69, 9.17) is 23.2 Å². The van der Waals surface area contributed by atoms with Gasteiger partial charge in [-0.25, -0.2) is 4.98 Å². The summed E-state index contributed by atoms with van der Waals surface area (Å²) >= 11 is 14.0. The van der Waals surface area contributed by atoms with Gasteiger partial charge < -0.3 is 0 Å². The van der Waals surface area contributed by atoms with Crippen LogP contribution in [0.4, 0.5) is 0 Å². The van der Waals surface area contributed by atoms with Gasteiger partial charge in [-0.05, 0) is 36.8 Å². The van der Waals surface area contributed by atoms with Crippen LogP contribution >= 0.6 is 34.5 Å². The minimum absolute atomic E-state index is 0.637. The molecule has 0 saturated carbocycles. The van der Waals surface area contributed by atoms with Crippen molar-refractivity contribution in [1.29, 1.82) is 0 Å². The molecule has 4 heteroatoms. The summed E-state index contributed by atoms with van der Waals surface area (Å²) in [5.41, 5.74) is 3.03. The van der Waals surface area contributed by atoms with Gasteiger partial charge in [0.15, 0.2) is 0 Å². The Hall–Kier alpha value is -1.09. The predicted molar refractivity (Wildman–Crippen MR) is 79.8 cm³/mol. The monoisotopic (exact) mass is 293 g/mol. The van der Waals surface area contributed by atoms with Gasteiger partial charge in [0, 0.05) is 5.56 Å². The van der Waals surface area contributed by atoms with Gasteiger partial charge in [-0.2, -0.15) is 0 Å². The average molecular weight is 294 g/mol. The van der Waals surface area contributed by atoms with Crippen LogP contribution < -0.4 is 0 Å². The lowest BCUT2D eigenvalue weighted by atomic mass is 10.2. The van der Waals surface area contributed by atoms with Crippen LogP contribution in [0.3, 0.4) is 0 Å². The van der Waals surface area contributed by atoms with Crippen molar-refractivity contribution in [2.24, 2.45) is 0 Å². The van der Waals surface area contributed by atoms with Gasteiger partial charge in [0.05, 0.1) is 20.3 Å². The number of fused-ring (bicyclic) bond motifs is 1. The molecule has 18 heavy (non-hydrogen) atoms. The Kier molecular flexibility index (Phi) is 3.02. The number of benzene rings is 2. The van der Waals surface area contributed by atoms with Crippen molar-refractivity contribution in [3.05, 3.63) is 52.0 Å². The van der Waals surface area contributed by atoms with Crippen LogP contribution in [0.5, 0.6) is 0 Å². The molecule has 90 valence electrons. The Bertz CT molecular complexity index is 713. The molecule has 0 spiro atoms. The highest BCUT2D eigenvalue weighted by molar-refractivity contribution is 7.21. The Balaban J connectivity index is 2.26. The summed E-state index contributed by atoms with van der Waals surface area (Å²) < 4.78 is 1.15. The van der Waals surface area contributed by atoms with Gasteiger partial charge in [-0.15, -0.1) is 11.3 Å². The van der Waals surface area contributed by atoms with Gasteiger partial charge in [0.25, 0.3) is 0 Å². The zero-order valence-electron chi connectivity index (χ0n) is 9.58. The molecular formula is C14H9Cl2NS. The molecule has 1 aromatic heterocycles. The smallest absolute Gasteiger partial charge is 0.127 e. The minimum Gasteiger partial charge on any atom is -0.236 e. The van der Waals surface area contributed by atoms with Crippen LogP contribution in [-0.4, -0.2) is 4.98 Å². The summed E-state index contributed by atoms with van der Waals surface area (Å²) in [6, 6.07) is 11.7. The van der Waals surface area contributed by atoms with E-state index in [-0.39, 0.29) is 0 Å². The van der Waals surface area contributed by atoms with E-state index in [1.54, 1.807) is 11.3 Å². The second-order valence-corrected chi connectivity index (χ2v) is 5.93. The first kappa shape index (κ1) is 12.0. The number of aromatic nitrogens is 1. The largest absolute Gasteiger partial charge is 0.236 e. The molecule has 0 aliphatic carbocycles. The average Bonchev–Trinajstić information content (AvgIpc) is 2.71. The Labute approximate surface area is 119 Å². The van der Waals surface area contributed by atoms with E-state index in [1.807, 2.05) is 24.3 Å². The van der Waals surface area contributed by atoms with Crippen LogP contribution in [0.1, 0.15) is 5.56 Å². The summed E-state index contributed by atoms with van der Waals surface area (Å²) in [5, 5.41) is 2.14. The molecule has 0 aliphatic heterocycles. The zero-order valence-corrected chi connectivity index (χ0v) is 11.9. The fraction of sp³-hybridized carbons (Fsp3) is 0.0714. The van der Waals surface area contributed by atoms with Crippen molar-refractivity contribution in [1.82, 2.24) is 4.98 Å². The maximum Gasteiger partial charge on any atom is 0.127 e. The normalized spacial score (nSPS) is 11.1. The molecule has 3 rings (SSSR count). The molecule has 0 fully saturated rings. The number of halogens is 2. The second-order valence-electron chi connectivity index (χ2n) is 4.09. The molecule has 0 saturated heterocycles. The predicted octanol–water partition coefficient (Wildman–Crippen LogP) is 5.58. The van der Waals surface area contributed by atoms with Crippen LogP contribution in [-0.2, 0) is 0 Å². The number of rotatable bonds is 1. The molecule has 0 unspecified atom stereocenters. The molecule has 3 aromatic rings. The maximum atomic E-state index is 6.21. The maximum absolute atomic E-state index is 6.21. The molecule has 0 bridgehead atoms. The highest BCUT2D eigenvalue weighted by Crippen LogP contribution is 2.38. The molecule has 1 nitrogen and oxygen atoms in total. The van der Waals surface area contributed by atoms with Crippen LogP contribution in [0.25, 0.3) is 20.8 Å². The quantitative estimate of drug-likeness (QED) is 0.571. The fourth-order valence-electron chi connectivity index (χ4n) is 1.84. The third-order valence-electron chi connectivity index (χ3n) is 2.72. The minimum atomic E-state index is 0.637. The third-order valence-corrected chi connectivity index (χ3v) is 4.39. The third kappa shape index (κ3) is 2.01. The molecular weight excluding hydrogens is 285 g/mol. The van der Waals surface area contributed by atoms with E-state index < -0.39 is 0 Å². The number of nitrogens with zero attached hydrogens (tertiary/aromatic N) is 1. The Morgan fingerprint density at radius 2 is 1.78 bits per heavy atom. The zero-order chi connectivity index (χ0) is 12.7. The summed E-state index contributed by atoms with van der Waals surface area (Å²) in [5.74, 6) is 0. The van der Waals surface area contributed by atoms with Gasteiger partial charge in [0.1, 0.15) is 5.01 Å².